The van der Waals surface area contributed by atoms with Gasteiger partial charge in [-0.3, -0.25) is 0 Å². The molecule has 0 radical (unpaired) electrons. The van der Waals surface area contributed by atoms with Gasteiger partial charge in [0.25, 0.3) is 0 Å². The van der Waals surface area contributed by atoms with E-state index in [2.05, 4.69) is 4.99 Å². The minimum Gasteiger partial charge on any atom is -0.846 e. The zero-order valence-electron chi connectivity index (χ0n) is 13.0. The maximum absolute atomic E-state index is 12.4. The van der Waals surface area contributed by atoms with Gasteiger partial charge in [0.05, 0.1) is 17.8 Å². The van der Waals surface area contributed by atoms with Crippen LogP contribution < -0.4 is 5.11 Å². The van der Waals surface area contributed by atoms with E-state index in [9.17, 15) is 5.11 Å². The molecule has 0 saturated heterocycles. The Labute approximate surface area is 126 Å². The Hall–Kier alpha value is -2.29. The molecule has 0 amide bonds. The highest BCUT2D eigenvalue weighted by atomic mass is 16.3. The Morgan fingerprint density at radius 3 is 2.14 bits per heavy atom. The lowest BCUT2D eigenvalue weighted by molar-refractivity contribution is -0.235. The first-order valence-corrected chi connectivity index (χ1v) is 7.10. The van der Waals surface area contributed by atoms with E-state index >= 15 is 0 Å². The normalized spacial score (nSPS) is 13.0. The molecule has 2 rings (SSSR count). The molecular formula is C18H21N2O-. The molecule has 0 bridgehead atoms. The standard InChI is InChI=1S/C18H22N2O/c1-13-9-8-10-14(2)17(13)19-18(21)20(4)15(3)16-11-6-5-7-12-16/h5-12,15H,1-4H3,(H,19,21)/p-1/t15-/m0/s1. The first-order chi connectivity index (χ1) is 10.0. The van der Waals surface area contributed by atoms with Gasteiger partial charge >= 0.3 is 0 Å². The van der Waals surface area contributed by atoms with Crippen LogP contribution in [0.2, 0.25) is 0 Å². The molecule has 21 heavy (non-hydrogen) atoms. The lowest BCUT2D eigenvalue weighted by atomic mass is 10.1. The number of hydrogen-bond donors (Lipinski definition) is 0. The molecule has 0 aliphatic heterocycles. The van der Waals surface area contributed by atoms with Gasteiger partial charge in [0.2, 0.25) is 0 Å². The highest BCUT2D eigenvalue weighted by Gasteiger charge is 2.10. The van der Waals surface area contributed by atoms with Gasteiger partial charge in [0, 0.05) is 7.05 Å². The van der Waals surface area contributed by atoms with Crippen molar-refractivity contribution >= 4 is 11.7 Å². The molecule has 0 spiro atoms. The van der Waals surface area contributed by atoms with E-state index in [-0.39, 0.29) is 12.1 Å². The van der Waals surface area contributed by atoms with Crippen molar-refractivity contribution in [2.45, 2.75) is 26.8 Å². The van der Waals surface area contributed by atoms with Crippen molar-refractivity contribution in [3.63, 3.8) is 0 Å². The molecule has 0 aromatic heterocycles. The van der Waals surface area contributed by atoms with Crippen LogP contribution in [0.3, 0.4) is 0 Å². The van der Waals surface area contributed by atoms with E-state index in [0.29, 0.717) is 0 Å². The first-order valence-electron chi connectivity index (χ1n) is 7.10. The number of para-hydroxylation sites is 1. The number of hydrogen-bond acceptors (Lipinski definition) is 2. The first kappa shape index (κ1) is 15.1. The van der Waals surface area contributed by atoms with Crippen LogP contribution in [0.5, 0.6) is 0 Å². The molecule has 0 aliphatic carbocycles. The van der Waals surface area contributed by atoms with E-state index in [1.165, 1.54) is 0 Å². The molecule has 0 aliphatic rings. The Kier molecular flexibility index (Phi) is 4.63. The van der Waals surface area contributed by atoms with Crippen molar-refractivity contribution in [3.05, 3.63) is 65.2 Å². The summed E-state index contributed by atoms with van der Waals surface area (Å²) in [5.74, 6) is 0. The van der Waals surface area contributed by atoms with Crippen molar-refractivity contribution < 1.29 is 5.11 Å². The molecule has 1 atom stereocenters. The molecular weight excluding hydrogens is 260 g/mol. The summed E-state index contributed by atoms with van der Waals surface area (Å²) < 4.78 is 0. The van der Waals surface area contributed by atoms with Crippen LogP contribution in [0.25, 0.3) is 0 Å². The largest absolute Gasteiger partial charge is 0.846 e. The summed E-state index contributed by atoms with van der Waals surface area (Å²) in [5, 5.41) is 12.4. The van der Waals surface area contributed by atoms with E-state index in [1.807, 2.05) is 69.3 Å². The fourth-order valence-electron chi connectivity index (χ4n) is 2.28. The average molecular weight is 281 g/mol. The van der Waals surface area contributed by atoms with Crippen LogP contribution in [0.15, 0.2) is 53.5 Å². The average Bonchev–Trinajstić information content (AvgIpc) is 2.50. The topological polar surface area (TPSA) is 38.7 Å². The summed E-state index contributed by atoms with van der Waals surface area (Å²) in [5.41, 5.74) is 3.91. The van der Waals surface area contributed by atoms with Crippen LogP contribution in [-0.4, -0.2) is 18.0 Å². The molecule has 0 N–H and O–H groups in total. The molecule has 0 unspecified atom stereocenters. The van der Waals surface area contributed by atoms with Crippen LogP contribution >= 0.6 is 0 Å². The molecule has 3 nitrogen and oxygen atoms in total. The summed E-state index contributed by atoms with van der Waals surface area (Å²) >= 11 is 0. The highest BCUT2D eigenvalue weighted by molar-refractivity contribution is 5.75. The number of benzene rings is 2. The van der Waals surface area contributed by atoms with E-state index in [1.54, 1.807) is 11.9 Å². The SMILES string of the molecule is Cc1cccc(C)c1N=C([O-])N(C)[C@@H](C)c1ccccc1. The van der Waals surface area contributed by atoms with Gasteiger partial charge in [-0.2, -0.15) is 0 Å². The smallest absolute Gasteiger partial charge is 0.0698 e. The number of aliphatic imine (C=N–C) groups is 1. The number of aryl methyl sites for hydroxylation is 2. The second kappa shape index (κ2) is 6.44. The lowest BCUT2D eigenvalue weighted by Crippen LogP contribution is -2.38. The zero-order valence-corrected chi connectivity index (χ0v) is 13.0. The summed E-state index contributed by atoms with van der Waals surface area (Å²) in [6.07, 6.45) is 0. The summed E-state index contributed by atoms with van der Waals surface area (Å²) in [6, 6.07) is 15.7. The Bertz CT molecular complexity index is 615. The van der Waals surface area contributed by atoms with Crippen molar-refractivity contribution in [3.8, 4) is 0 Å². The Morgan fingerprint density at radius 1 is 1.00 bits per heavy atom. The van der Waals surface area contributed by atoms with Crippen LogP contribution in [0.1, 0.15) is 29.7 Å². The van der Waals surface area contributed by atoms with Crippen molar-refractivity contribution in [1.29, 1.82) is 0 Å². The fourth-order valence-corrected chi connectivity index (χ4v) is 2.28. The third kappa shape index (κ3) is 3.43. The summed E-state index contributed by atoms with van der Waals surface area (Å²) in [6.45, 7) is 5.95. The fraction of sp³-hybridized carbons (Fsp3) is 0.278. The molecule has 2 aromatic carbocycles. The lowest BCUT2D eigenvalue weighted by Gasteiger charge is -2.32. The molecule has 110 valence electrons. The third-order valence-electron chi connectivity index (χ3n) is 3.81. The monoisotopic (exact) mass is 281 g/mol. The molecule has 3 heteroatoms. The number of rotatable bonds is 3. The van der Waals surface area contributed by atoms with Gasteiger partial charge < -0.3 is 10.0 Å². The molecule has 2 aromatic rings. The van der Waals surface area contributed by atoms with E-state index in [0.717, 1.165) is 22.4 Å². The molecule has 0 saturated carbocycles. The van der Waals surface area contributed by atoms with Gasteiger partial charge in [-0.1, -0.05) is 48.5 Å². The zero-order chi connectivity index (χ0) is 15.4. The molecule has 0 fully saturated rings. The quantitative estimate of drug-likeness (QED) is 0.639. The van der Waals surface area contributed by atoms with Gasteiger partial charge in [-0.15, -0.1) is 0 Å². The highest BCUT2D eigenvalue weighted by Crippen LogP contribution is 2.24. The van der Waals surface area contributed by atoms with Crippen LogP contribution in [-0.2, 0) is 0 Å². The predicted octanol–water partition coefficient (Wildman–Crippen LogP) is 3.34. The Balaban J connectivity index is 2.27. The van der Waals surface area contributed by atoms with Gasteiger partial charge in [-0.05, 0) is 37.5 Å². The second-order valence-electron chi connectivity index (χ2n) is 5.33. The van der Waals surface area contributed by atoms with E-state index in [4.69, 9.17) is 0 Å². The number of nitrogens with zero attached hydrogens (tertiary/aromatic N) is 2. The minimum atomic E-state index is -0.219. The van der Waals surface area contributed by atoms with Crippen molar-refractivity contribution in [1.82, 2.24) is 4.90 Å². The minimum absolute atomic E-state index is 0.00762. The van der Waals surface area contributed by atoms with Crippen molar-refractivity contribution in [2.75, 3.05) is 7.05 Å². The van der Waals surface area contributed by atoms with Gasteiger partial charge in [-0.25, -0.2) is 4.99 Å². The summed E-state index contributed by atoms with van der Waals surface area (Å²) in [4.78, 5) is 5.96. The maximum Gasteiger partial charge on any atom is 0.0698 e. The van der Waals surface area contributed by atoms with Crippen molar-refractivity contribution in [2.24, 2.45) is 4.99 Å². The van der Waals surface area contributed by atoms with Gasteiger partial charge in [0.15, 0.2) is 0 Å². The second-order valence-corrected chi connectivity index (χ2v) is 5.33. The van der Waals surface area contributed by atoms with E-state index < -0.39 is 0 Å². The maximum atomic E-state index is 12.4. The summed E-state index contributed by atoms with van der Waals surface area (Å²) in [7, 11) is 1.79. The number of amidine groups is 1. The third-order valence-corrected chi connectivity index (χ3v) is 3.81. The predicted molar refractivity (Wildman–Crippen MR) is 85.6 cm³/mol. The van der Waals surface area contributed by atoms with Crippen LogP contribution in [0.4, 0.5) is 5.69 Å². The molecule has 0 heterocycles. The van der Waals surface area contributed by atoms with Gasteiger partial charge in [0.1, 0.15) is 0 Å². The van der Waals surface area contributed by atoms with Crippen LogP contribution in [0, 0.1) is 13.8 Å². The Morgan fingerprint density at radius 2 is 1.57 bits per heavy atom.